The monoisotopic (exact) mass is 236 g/mol. The number of pyridine rings is 1. The van der Waals surface area contributed by atoms with Gasteiger partial charge in [0, 0.05) is 6.54 Å². The first-order chi connectivity index (χ1) is 7.99. The molecular weight excluding hydrogens is 216 g/mol. The van der Waals surface area contributed by atoms with Crippen LogP contribution in [0.15, 0.2) is 18.3 Å². The van der Waals surface area contributed by atoms with Crippen LogP contribution in [-0.2, 0) is 4.79 Å². The average Bonchev–Trinajstić information content (AvgIpc) is 2.28. The van der Waals surface area contributed by atoms with Crippen molar-refractivity contribution in [3.8, 4) is 0 Å². The van der Waals surface area contributed by atoms with Gasteiger partial charge in [-0.1, -0.05) is 13.8 Å². The van der Waals surface area contributed by atoms with Crippen molar-refractivity contribution in [1.29, 1.82) is 0 Å². The number of aromatic nitrogens is 1. The van der Waals surface area contributed by atoms with Crippen molar-refractivity contribution in [1.82, 2.24) is 10.3 Å². The molecule has 0 fully saturated rings. The van der Waals surface area contributed by atoms with Gasteiger partial charge in [-0.2, -0.15) is 0 Å². The molecule has 17 heavy (non-hydrogen) atoms. The minimum absolute atomic E-state index is 0.0303. The topological polar surface area (TPSA) is 80.0 Å². The number of amides is 1. The third-order valence-electron chi connectivity index (χ3n) is 2.23. The summed E-state index contributed by atoms with van der Waals surface area (Å²) in [5, 5.41) is 5.87. The molecule has 5 heteroatoms. The number of carbonyl (C=O) groups is 1. The number of hydrogen-bond donors (Lipinski definition) is 3. The summed E-state index contributed by atoms with van der Waals surface area (Å²) in [6.07, 6.45) is 1.56. The molecular formula is C12H20N4O. The van der Waals surface area contributed by atoms with Gasteiger partial charge in [-0.25, -0.2) is 4.98 Å². The Bertz CT molecular complexity index is 361. The predicted octanol–water partition coefficient (Wildman–Crippen LogP) is 1.24. The average molecular weight is 236 g/mol. The highest BCUT2D eigenvalue weighted by molar-refractivity contribution is 5.83. The summed E-state index contributed by atoms with van der Waals surface area (Å²) in [7, 11) is 0. The normalized spacial score (nSPS) is 12.2. The highest BCUT2D eigenvalue weighted by atomic mass is 16.2. The zero-order chi connectivity index (χ0) is 12.8. The zero-order valence-electron chi connectivity index (χ0n) is 10.5. The van der Waals surface area contributed by atoms with Crippen LogP contribution in [0.1, 0.15) is 20.8 Å². The Morgan fingerprint density at radius 3 is 2.65 bits per heavy atom. The van der Waals surface area contributed by atoms with Crippen LogP contribution in [0.25, 0.3) is 0 Å². The highest BCUT2D eigenvalue weighted by Gasteiger charge is 2.12. The number of rotatable bonds is 5. The molecule has 0 aliphatic rings. The molecule has 1 amide bonds. The van der Waals surface area contributed by atoms with Crippen molar-refractivity contribution in [3.63, 3.8) is 0 Å². The predicted molar refractivity (Wildman–Crippen MR) is 69.6 cm³/mol. The Kier molecular flexibility index (Phi) is 4.75. The van der Waals surface area contributed by atoms with E-state index in [0.29, 0.717) is 24.0 Å². The van der Waals surface area contributed by atoms with E-state index in [9.17, 15) is 4.79 Å². The number of hydrogen-bond acceptors (Lipinski definition) is 4. The number of nitrogen functional groups attached to an aromatic ring is 1. The minimum Gasteiger partial charge on any atom is -0.397 e. The molecule has 1 heterocycles. The minimum atomic E-state index is -0.315. The van der Waals surface area contributed by atoms with Gasteiger partial charge < -0.3 is 16.4 Å². The van der Waals surface area contributed by atoms with Crippen LogP contribution in [0.5, 0.6) is 0 Å². The van der Waals surface area contributed by atoms with E-state index in [1.807, 2.05) is 0 Å². The summed E-state index contributed by atoms with van der Waals surface area (Å²) in [6.45, 7) is 6.59. The van der Waals surface area contributed by atoms with Crippen molar-refractivity contribution < 1.29 is 4.79 Å². The molecule has 1 aromatic heterocycles. The number of carbonyl (C=O) groups excluding carboxylic acids is 1. The van der Waals surface area contributed by atoms with Crippen LogP contribution in [0.3, 0.4) is 0 Å². The zero-order valence-corrected chi connectivity index (χ0v) is 10.5. The van der Waals surface area contributed by atoms with Crippen LogP contribution < -0.4 is 16.4 Å². The lowest BCUT2D eigenvalue weighted by Crippen LogP contribution is -2.39. The summed E-state index contributed by atoms with van der Waals surface area (Å²) in [6, 6.07) is 3.18. The fourth-order valence-corrected chi connectivity index (χ4v) is 1.24. The number of nitrogens with zero attached hydrogens (tertiary/aromatic N) is 1. The van der Waals surface area contributed by atoms with E-state index >= 15 is 0 Å². The third-order valence-corrected chi connectivity index (χ3v) is 2.23. The van der Waals surface area contributed by atoms with Crippen molar-refractivity contribution in [2.75, 3.05) is 17.6 Å². The van der Waals surface area contributed by atoms with Crippen LogP contribution in [-0.4, -0.2) is 23.5 Å². The van der Waals surface area contributed by atoms with E-state index < -0.39 is 0 Å². The number of nitrogens with one attached hydrogen (secondary N) is 2. The highest BCUT2D eigenvalue weighted by Crippen LogP contribution is 2.07. The maximum Gasteiger partial charge on any atom is 0.242 e. The van der Waals surface area contributed by atoms with Crippen molar-refractivity contribution >= 4 is 17.4 Å². The molecule has 0 saturated carbocycles. The van der Waals surface area contributed by atoms with Crippen molar-refractivity contribution in [3.05, 3.63) is 18.3 Å². The second kappa shape index (κ2) is 6.08. The molecule has 0 aromatic carbocycles. The first-order valence-electron chi connectivity index (χ1n) is 5.75. The molecule has 0 spiro atoms. The Morgan fingerprint density at radius 1 is 1.41 bits per heavy atom. The lowest BCUT2D eigenvalue weighted by molar-refractivity contribution is -0.121. The van der Waals surface area contributed by atoms with E-state index in [2.05, 4.69) is 29.5 Å². The smallest absolute Gasteiger partial charge is 0.242 e. The Balaban J connectivity index is 2.45. The second-order valence-corrected chi connectivity index (χ2v) is 4.48. The van der Waals surface area contributed by atoms with E-state index in [-0.39, 0.29) is 11.9 Å². The van der Waals surface area contributed by atoms with Crippen LogP contribution in [0.2, 0.25) is 0 Å². The van der Waals surface area contributed by atoms with Gasteiger partial charge in [0.2, 0.25) is 5.91 Å². The molecule has 1 rings (SSSR count). The summed E-state index contributed by atoms with van der Waals surface area (Å²) >= 11 is 0. The first-order valence-corrected chi connectivity index (χ1v) is 5.75. The SMILES string of the molecule is CC(C)CNC(=O)C(C)Nc1ccc(N)cn1. The van der Waals surface area contributed by atoms with Gasteiger partial charge in [0.15, 0.2) is 0 Å². The number of nitrogens with two attached hydrogens (primary N) is 1. The van der Waals surface area contributed by atoms with Gasteiger partial charge >= 0.3 is 0 Å². The molecule has 0 radical (unpaired) electrons. The molecule has 0 aliphatic carbocycles. The van der Waals surface area contributed by atoms with Gasteiger partial charge in [0.25, 0.3) is 0 Å². The molecule has 5 nitrogen and oxygen atoms in total. The molecule has 1 atom stereocenters. The first kappa shape index (κ1) is 13.3. The standard InChI is InChI=1S/C12H20N4O/c1-8(2)6-15-12(17)9(3)16-11-5-4-10(13)7-14-11/h4-5,7-9H,6,13H2,1-3H3,(H,14,16)(H,15,17). The Hall–Kier alpha value is -1.78. The molecule has 4 N–H and O–H groups in total. The van der Waals surface area contributed by atoms with E-state index in [4.69, 9.17) is 5.73 Å². The lowest BCUT2D eigenvalue weighted by Gasteiger charge is -2.15. The Labute approximate surface area is 102 Å². The largest absolute Gasteiger partial charge is 0.397 e. The molecule has 0 saturated heterocycles. The maximum atomic E-state index is 11.7. The molecule has 1 aromatic rings. The fraction of sp³-hybridized carbons (Fsp3) is 0.500. The van der Waals surface area contributed by atoms with E-state index in [1.165, 1.54) is 0 Å². The lowest BCUT2D eigenvalue weighted by atomic mass is 10.2. The molecule has 0 bridgehead atoms. The van der Waals surface area contributed by atoms with Crippen LogP contribution in [0, 0.1) is 5.92 Å². The van der Waals surface area contributed by atoms with Gasteiger partial charge in [-0.3, -0.25) is 4.79 Å². The fourth-order valence-electron chi connectivity index (χ4n) is 1.24. The second-order valence-electron chi connectivity index (χ2n) is 4.48. The summed E-state index contributed by atoms with van der Waals surface area (Å²) in [4.78, 5) is 15.8. The van der Waals surface area contributed by atoms with Crippen molar-refractivity contribution in [2.45, 2.75) is 26.8 Å². The summed E-state index contributed by atoms with van der Waals surface area (Å²) < 4.78 is 0. The summed E-state index contributed by atoms with van der Waals surface area (Å²) in [5.41, 5.74) is 6.13. The molecule has 94 valence electrons. The van der Waals surface area contributed by atoms with Gasteiger partial charge in [0.05, 0.1) is 11.9 Å². The third kappa shape index (κ3) is 4.72. The van der Waals surface area contributed by atoms with Gasteiger partial charge in [-0.05, 0) is 25.0 Å². The molecule has 0 aliphatic heterocycles. The van der Waals surface area contributed by atoms with Gasteiger partial charge in [-0.15, -0.1) is 0 Å². The van der Waals surface area contributed by atoms with E-state index in [0.717, 1.165) is 0 Å². The van der Waals surface area contributed by atoms with Gasteiger partial charge in [0.1, 0.15) is 11.9 Å². The van der Waals surface area contributed by atoms with Crippen molar-refractivity contribution in [2.24, 2.45) is 5.92 Å². The van der Waals surface area contributed by atoms with E-state index in [1.54, 1.807) is 25.3 Å². The maximum absolute atomic E-state index is 11.7. The van der Waals surface area contributed by atoms with Crippen LogP contribution in [0.4, 0.5) is 11.5 Å². The number of anilines is 2. The quantitative estimate of drug-likeness (QED) is 0.718. The molecule has 1 unspecified atom stereocenters. The van der Waals surface area contributed by atoms with Crippen LogP contribution >= 0.6 is 0 Å². The Morgan fingerprint density at radius 2 is 2.12 bits per heavy atom. The summed E-state index contributed by atoms with van der Waals surface area (Å²) in [5.74, 6) is 1.06.